The standard InChI is InChI=1S/C11H18N4O2S/c1-8-7-15(5-4-10(8)12)11-3-2-9(6-14-11)18(13,16)17/h2-3,6,8,10H,4-5,7,12H2,1H3,(H2,13,16,17). The van der Waals surface area contributed by atoms with E-state index in [-0.39, 0.29) is 10.9 Å². The van der Waals surface area contributed by atoms with Crippen LogP contribution in [0.2, 0.25) is 0 Å². The van der Waals surface area contributed by atoms with Crippen molar-refractivity contribution < 1.29 is 8.42 Å². The van der Waals surface area contributed by atoms with Crippen molar-refractivity contribution in [2.24, 2.45) is 16.8 Å². The molecule has 1 saturated heterocycles. The molecule has 2 rings (SSSR count). The van der Waals surface area contributed by atoms with Gasteiger partial charge in [-0.2, -0.15) is 0 Å². The van der Waals surface area contributed by atoms with Crippen LogP contribution >= 0.6 is 0 Å². The van der Waals surface area contributed by atoms with E-state index in [2.05, 4.69) is 16.8 Å². The monoisotopic (exact) mass is 270 g/mol. The Balaban J connectivity index is 2.16. The van der Waals surface area contributed by atoms with Crippen molar-refractivity contribution in [1.82, 2.24) is 4.98 Å². The van der Waals surface area contributed by atoms with Crippen LogP contribution in [0.15, 0.2) is 23.2 Å². The van der Waals surface area contributed by atoms with Gasteiger partial charge in [-0.15, -0.1) is 0 Å². The molecule has 1 fully saturated rings. The van der Waals surface area contributed by atoms with Gasteiger partial charge in [0.2, 0.25) is 10.0 Å². The second-order valence-corrected chi connectivity index (χ2v) is 6.33. The van der Waals surface area contributed by atoms with Gasteiger partial charge in [0.05, 0.1) is 0 Å². The molecule has 18 heavy (non-hydrogen) atoms. The summed E-state index contributed by atoms with van der Waals surface area (Å²) in [6.45, 7) is 3.78. The van der Waals surface area contributed by atoms with E-state index in [0.29, 0.717) is 5.92 Å². The zero-order chi connectivity index (χ0) is 13.3. The van der Waals surface area contributed by atoms with Gasteiger partial charge in [0.1, 0.15) is 10.7 Å². The number of nitrogens with zero attached hydrogens (tertiary/aromatic N) is 2. The summed E-state index contributed by atoms with van der Waals surface area (Å²) in [5.41, 5.74) is 5.96. The van der Waals surface area contributed by atoms with Crippen LogP contribution < -0.4 is 15.8 Å². The third kappa shape index (κ3) is 2.80. The van der Waals surface area contributed by atoms with E-state index < -0.39 is 10.0 Å². The summed E-state index contributed by atoms with van der Waals surface area (Å²) in [6, 6.07) is 3.39. The number of nitrogens with two attached hydrogens (primary N) is 2. The molecule has 0 spiro atoms. The van der Waals surface area contributed by atoms with Crippen LogP contribution in [0.5, 0.6) is 0 Å². The summed E-state index contributed by atoms with van der Waals surface area (Å²) in [4.78, 5) is 6.30. The Hall–Kier alpha value is -1.18. The number of rotatable bonds is 2. The fraction of sp³-hybridized carbons (Fsp3) is 0.545. The minimum Gasteiger partial charge on any atom is -0.356 e. The summed E-state index contributed by atoms with van der Waals surface area (Å²) in [5.74, 6) is 1.17. The molecule has 0 bridgehead atoms. The van der Waals surface area contributed by atoms with Crippen LogP contribution in [0.3, 0.4) is 0 Å². The molecule has 0 aliphatic carbocycles. The van der Waals surface area contributed by atoms with Crippen LogP contribution in [0.1, 0.15) is 13.3 Å². The van der Waals surface area contributed by atoms with Crippen LogP contribution in [0.4, 0.5) is 5.82 Å². The van der Waals surface area contributed by atoms with E-state index in [1.165, 1.54) is 12.3 Å². The average molecular weight is 270 g/mol. The number of piperidine rings is 1. The first-order valence-electron chi connectivity index (χ1n) is 5.87. The molecule has 100 valence electrons. The van der Waals surface area contributed by atoms with Crippen molar-refractivity contribution in [1.29, 1.82) is 0 Å². The normalized spacial score (nSPS) is 25.2. The van der Waals surface area contributed by atoms with E-state index in [1.54, 1.807) is 6.07 Å². The lowest BCUT2D eigenvalue weighted by Crippen LogP contribution is -2.46. The molecule has 1 aromatic rings. The summed E-state index contributed by atoms with van der Waals surface area (Å²) in [7, 11) is -3.67. The molecule has 0 saturated carbocycles. The van der Waals surface area contributed by atoms with Crippen LogP contribution in [-0.2, 0) is 10.0 Å². The van der Waals surface area contributed by atoms with Gasteiger partial charge in [-0.3, -0.25) is 0 Å². The number of aromatic nitrogens is 1. The number of hydrogen-bond acceptors (Lipinski definition) is 5. The van der Waals surface area contributed by atoms with Gasteiger partial charge in [0, 0.05) is 25.3 Å². The van der Waals surface area contributed by atoms with Crippen LogP contribution in [-0.4, -0.2) is 32.5 Å². The smallest absolute Gasteiger partial charge is 0.239 e. The molecule has 0 amide bonds. The maximum atomic E-state index is 11.1. The van der Waals surface area contributed by atoms with Crippen molar-refractivity contribution in [2.45, 2.75) is 24.3 Å². The molecule has 4 N–H and O–H groups in total. The predicted molar refractivity (Wildman–Crippen MR) is 69.6 cm³/mol. The van der Waals surface area contributed by atoms with E-state index in [1.807, 2.05) is 0 Å². The molecule has 2 atom stereocenters. The molecule has 6 nitrogen and oxygen atoms in total. The highest BCUT2D eigenvalue weighted by Crippen LogP contribution is 2.21. The first-order valence-corrected chi connectivity index (χ1v) is 7.42. The van der Waals surface area contributed by atoms with E-state index in [0.717, 1.165) is 25.3 Å². The summed E-state index contributed by atoms with van der Waals surface area (Å²) in [6.07, 6.45) is 2.21. The number of hydrogen-bond donors (Lipinski definition) is 2. The third-order valence-electron chi connectivity index (χ3n) is 3.34. The molecule has 0 aromatic carbocycles. The highest BCUT2D eigenvalue weighted by atomic mass is 32.2. The number of primary sulfonamides is 1. The Kier molecular flexibility index (Phi) is 3.56. The van der Waals surface area contributed by atoms with Gasteiger partial charge in [-0.1, -0.05) is 6.92 Å². The zero-order valence-corrected chi connectivity index (χ0v) is 11.1. The third-order valence-corrected chi connectivity index (χ3v) is 4.24. The molecule has 0 radical (unpaired) electrons. The highest BCUT2D eigenvalue weighted by Gasteiger charge is 2.24. The molecule has 7 heteroatoms. The Labute approximate surface area is 107 Å². The minimum atomic E-state index is -3.67. The lowest BCUT2D eigenvalue weighted by molar-refractivity contribution is 0.381. The maximum Gasteiger partial charge on any atom is 0.239 e. The predicted octanol–water partition coefficient (Wildman–Crippen LogP) is -0.0975. The van der Waals surface area contributed by atoms with Gasteiger partial charge in [0.25, 0.3) is 0 Å². The second-order valence-electron chi connectivity index (χ2n) is 4.77. The number of sulfonamides is 1. The number of anilines is 1. The molecule has 2 heterocycles. The zero-order valence-electron chi connectivity index (χ0n) is 10.3. The Morgan fingerprint density at radius 1 is 1.44 bits per heavy atom. The lowest BCUT2D eigenvalue weighted by Gasteiger charge is -2.35. The Bertz CT molecular complexity index is 514. The lowest BCUT2D eigenvalue weighted by atomic mass is 9.95. The van der Waals surface area contributed by atoms with Crippen molar-refractivity contribution in [3.63, 3.8) is 0 Å². The van der Waals surface area contributed by atoms with E-state index >= 15 is 0 Å². The molecule has 1 aromatic heterocycles. The van der Waals surface area contributed by atoms with Gasteiger partial charge in [-0.25, -0.2) is 18.5 Å². The van der Waals surface area contributed by atoms with Crippen molar-refractivity contribution in [2.75, 3.05) is 18.0 Å². The van der Waals surface area contributed by atoms with Crippen molar-refractivity contribution in [3.8, 4) is 0 Å². The summed E-state index contributed by atoms with van der Waals surface area (Å²) >= 11 is 0. The van der Waals surface area contributed by atoms with Crippen molar-refractivity contribution >= 4 is 15.8 Å². The highest BCUT2D eigenvalue weighted by molar-refractivity contribution is 7.89. The fourth-order valence-electron chi connectivity index (χ4n) is 2.10. The largest absolute Gasteiger partial charge is 0.356 e. The van der Waals surface area contributed by atoms with E-state index in [4.69, 9.17) is 10.9 Å². The summed E-state index contributed by atoms with van der Waals surface area (Å²) < 4.78 is 22.2. The number of pyridine rings is 1. The molecular weight excluding hydrogens is 252 g/mol. The quantitative estimate of drug-likeness (QED) is 0.781. The SMILES string of the molecule is CC1CN(c2ccc(S(N)(=O)=O)cn2)CCC1N. The molecule has 1 aliphatic heterocycles. The van der Waals surface area contributed by atoms with Gasteiger partial charge in [0.15, 0.2) is 0 Å². The first kappa shape index (κ1) is 13.3. The summed E-state index contributed by atoms with van der Waals surface area (Å²) in [5, 5.41) is 5.03. The Morgan fingerprint density at radius 3 is 2.67 bits per heavy atom. The fourth-order valence-corrected chi connectivity index (χ4v) is 2.56. The minimum absolute atomic E-state index is 0.0352. The topological polar surface area (TPSA) is 102 Å². The first-order chi connectivity index (χ1) is 8.38. The average Bonchev–Trinajstić information content (AvgIpc) is 2.32. The molecule has 2 unspecified atom stereocenters. The van der Waals surface area contributed by atoms with Crippen LogP contribution in [0, 0.1) is 5.92 Å². The van der Waals surface area contributed by atoms with Crippen LogP contribution in [0.25, 0.3) is 0 Å². The van der Waals surface area contributed by atoms with Gasteiger partial charge < -0.3 is 10.6 Å². The Morgan fingerprint density at radius 2 is 2.17 bits per heavy atom. The van der Waals surface area contributed by atoms with Gasteiger partial charge >= 0.3 is 0 Å². The van der Waals surface area contributed by atoms with Gasteiger partial charge in [-0.05, 0) is 24.5 Å². The molecular formula is C11H18N4O2S. The van der Waals surface area contributed by atoms with Crippen molar-refractivity contribution in [3.05, 3.63) is 18.3 Å². The maximum absolute atomic E-state index is 11.1. The molecule has 1 aliphatic rings. The second kappa shape index (κ2) is 4.83. The van der Waals surface area contributed by atoms with E-state index in [9.17, 15) is 8.42 Å².